The van der Waals surface area contributed by atoms with Crippen LogP contribution in [0.3, 0.4) is 0 Å². The quantitative estimate of drug-likeness (QED) is 0.443. The van der Waals surface area contributed by atoms with Crippen molar-refractivity contribution in [2.75, 3.05) is 19.7 Å². The predicted octanol–water partition coefficient (Wildman–Crippen LogP) is 4.94. The molecular formula is C26H32F3N5O2S. The van der Waals surface area contributed by atoms with Crippen molar-refractivity contribution in [3.63, 3.8) is 0 Å². The first-order valence-corrected chi connectivity index (χ1v) is 13.6. The summed E-state index contributed by atoms with van der Waals surface area (Å²) in [6.07, 6.45) is 7.58. The van der Waals surface area contributed by atoms with E-state index >= 15 is 0 Å². The zero-order chi connectivity index (χ0) is 26.2. The van der Waals surface area contributed by atoms with E-state index in [-0.39, 0.29) is 17.5 Å². The molecule has 3 heterocycles. The minimum Gasteiger partial charge on any atom is -0.464 e. The van der Waals surface area contributed by atoms with Crippen molar-refractivity contribution in [2.24, 2.45) is 13.0 Å². The molecule has 1 saturated carbocycles. The van der Waals surface area contributed by atoms with E-state index in [0.717, 1.165) is 75.7 Å². The second-order valence-electron chi connectivity index (χ2n) is 10.4. The molecule has 5 rings (SSSR count). The maximum Gasteiger partial charge on any atom is 0.278 e. The maximum atomic E-state index is 14.1. The Kier molecular flexibility index (Phi) is 7.44. The van der Waals surface area contributed by atoms with Crippen molar-refractivity contribution in [2.45, 2.75) is 64.0 Å². The monoisotopic (exact) mass is 535 g/mol. The number of ether oxygens (including phenoxy) is 1. The van der Waals surface area contributed by atoms with Crippen LogP contribution in [0.5, 0.6) is 5.19 Å². The van der Waals surface area contributed by atoms with Gasteiger partial charge in [-0.1, -0.05) is 11.3 Å². The number of thiazole rings is 1. The van der Waals surface area contributed by atoms with Gasteiger partial charge in [-0.3, -0.25) is 14.4 Å². The first-order chi connectivity index (χ1) is 17.6. The van der Waals surface area contributed by atoms with E-state index < -0.39 is 18.3 Å². The van der Waals surface area contributed by atoms with Crippen molar-refractivity contribution in [1.29, 1.82) is 0 Å². The summed E-state index contributed by atoms with van der Waals surface area (Å²) in [5.74, 6) is -2.87. The van der Waals surface area contributed by atoms with Crippen LogP contribution in [0, 0.1) is 11.7 Å². The van der Waals surface area contributed by atoms with Crippen LogP contribution in [0.4, 0.5) is 13.2 Å². The second kappa shape index (κ2) is 10.6. The molecule has 1 N–H and O–H groups in total. The lowest BCUT2D eigenvalue weighted by Gasteiger charge is -2.32. The minimum atomic E-state index is -2.87. The number of hydrogen-bond acceptors (Lipinski definition) is 6. The van der Waals surface area contributed by atoms with Gasteiger partial charge in [0.25, 0.3) is 17.0 Å². The van der Waals surface area contributed by atoms with Crippen molar-refractivity contribution in [1.82, 2.24) is 25.0 Å². The van der Waals surface area contributed by atoms with Crippen molar-refractivity contribution < 1.29 is 22.7 Å². The molecule has 1 fully saturated rings. The van der Waals surface area contributed by atoms with Gasteiger partial charge in [0.15, 0.2) is 12.4 Å². The molecule has 0 saturated heterocycles. The fraction of sp³-hybridized carbons (Fsp3) is 0.577. The number of nitrogens with zero attached hydrogens (tertiary/aromatic N) is 4. The number of hydrogen-bond donors (Lipinski definition) is 1. The van der Waals surface area contributed by atoms with E-state index in [2.05, 4.69) is 20.3 Å². The highest BCUT2D eigenvalue weighted by molar-refractivity contribution is 7.13. The number of nitrogens with one attached hydrogen (secondary N) is 1. The van der Waals surface area contributed by atoms with E-state index in [0.29, 0.717) is 22.1 Å². The molecule has 7 nitrogen and oxygen atoms in total. The summed E-state index contributed by atoms with van der Waals surface area (Å²) < 4.78 is 46.9. The normalized spacial score (nSPS) is 20.7. The second-order valence-corrected chi connectivity index (χ2v) is 11.4. The lowest BCUT2D eigenvalue weighted by molar-refractivity contribution is -0.0230. The average Bonchev–Trinajstić information content (AvgIpc) is 3.45. The third-order valence-electron chi connectivity index (χ3n) is 7.26. The first-order valence-electron chi connectivity index (χ1n) is 12.8. The number of carbonyl (C=O) groups excluding carboxylic acids is 1. The van der Waals surface area contributed by atoms with Crippen LogP contribution in [0.1, 0.15) is 60.0 Å². The van der Waals surface area contributed by atoms with Crippen molar-refractivity contribution in [3.8, 4) is 5.19 Å². The topological polar surface area (TPSA) is 72.3 Å². The molecule has 0 unspecified atom stereocenters. The molecule has 1 aliphatic carbocycles. The molecular weight excluding hydrogens is 503 g/mol. The minimum absolute atomic E-state index is 0.113. The molecule has 0 atom stereocenters. The molecule has 200 valence electrons. The van der Waals surface area contributed by atoms with Gasteiger partial charge < -0.3 is 10.1 Å². The standard InChI is InChI=1S/C26H32F3N5O2S/c1-26(28,29)15-36-25-31-21-14-34(12-10-22(21)37-25)11-9-16-3-5-17(6-4-16)30-24(35)18-7-8-20(27)23-19(18)13-33(2)32-23/h7-8,13,16-17H,3-6,9-12,14-15H2,1-2H3,(H,30,35)/t16-,17-. The molecule has 0 bridgehead atoms. The molecule has 1 amide bonds. The first kappa shape index (κ1) is 26.0. The lowest BCUT2D eigenvalue weighted by Crippen LogP contribution is -2.38. The van der Waals surface area contributed by atoms with Gasteiger partial charge in [-0.15, -0.1) is 0 Å². The SMILES string of the molecule is Cn1cc2c(C(=O)N[C@H]3CC[C@H](CCN4CCc5sc(OCC(C)(F)F)nc5C4)CC3)ccc(F)c2n1. The number of aryl methyl sites for hydroxylation is 1. The smallest absolute Gasteiger partial charge is 0.278 e. The van der Waals surface area contributed by atoms with E-state index in [1.165, 1.54) is 28.2 Å². The maximum absolute atomic E-state index is 14.1. The van der Waals surface area contributed by atoms with Crippen LogP contribution in [0.25, 0.3) is 10.9 Å². The Hall–Kier alpha value is -2.66. The number of amides is 1. The zero-order valence-electron chi connectivity index (χ0n) is 21.1. The molecule has 3 aromatic rings. The highest BCUT2D eigenvalue weighted by Crippen LogP contribution is 2.32. The van der Waals surface area contributed by atoms with Gasteiger partial charge in [-0.25, -0.2) is 18.2 Å². The fourth-order valence-corrected chi connectivity index (χ4v) is 6.18. The Labute approximate surface area is 218 Å². The van der Waals surface area contributed by atoms with Crippen LogP contribution < -0.4 is 10.1 Å². The Morgan fingerprint density at radius 3 is 2.81 bits per heavy atom. The summed E-state index contributed by atoms with van der Waals surface area (Å²) in [5.41, 5.74) is 1.61. The summed E-state index contributed by atoms with van der Waals surface area (Å²) in [6, 6.07) is 2.94. The number of benzene rings is 1. The lowest BCUT2D eigenvalue weighted by atomic mass is 9.84. The summed E-state index contributed by atoms with van der Waals surface area (Å²) in [7, 11) is 1.71. The number of fused-ring (bicyclic) bond motifs is 2. The summed E-state index contributed by atoms with van der Waals surface area (Å²) in [5, 5.41) is 8.12. The van der Waals surface area contributed by atoms with Gasteiger partial charge >= 0.3 is 0 Å². The van der Waals surface area contributed by atoms with Crippen molar-refractivity contribution in [3.05, 3.63) is 40.3 Å². The Morgan fingerprint density at radius 1 is 1.27 bits per heavy atom. The highest BCUT2D eigenvalue weighted by Gasteiger charge is 2.27. The molecule has 37 heavy (non-hydrogen) atoms. The van der Waals surface area contributed by atoms with E-state index in [1.807, 2.05) is 0 Å². The van der Waals surface area contributed by atoms with Crippen LogP contribution in [-0.4, -0.2) is 57.2 Å². The summed E-state index contributed by atoms with van der Waals surface area (Å²) >= 11 is 1.38. The van der Waals surface area contributed by atoms with E-state index in [1.54, 1.807) is 13.2 Å². The molecule has 11 heteroatoms. The van der Waals surface area contributed by atoms with Gasteiger partial charge in [0, 0.05) is 49.6 Å². The van der Waals surface area contributed by atoms with Crippen LogP contribution in [-0.2, 0) is 20.0 Å². The van der Waals surface area contributed by atoms with Crippen LogP contribution >= 0.6 is 11.3 Å². The largest absolute Gasteiger partial charge is 0.464 e. The molecule has 0 spiro atoms. The molecule has 2 aromatic heterocycles. The number of alkyl halides is 2. The highest BCUT2D eigenvalue weighted by atomic mass is 32.1. The number of halogens is 3. The van der Waals surface area contributed by atoms with Crippen LogP contribution in [0.15, 0.2) is 18.3 Å². The number of aromatic nitrogens is 3. The fourth-order valence-electron chi connectivity index (χ4n) is 5.28. The van der Waals surface area contributed by atoms with Crippen molar-refractivity contribution >= 4 is 28.1 Å². The number of carbonyl (C=O) groups is 1. The Balaban J connectivity index is 1.07. The average molecular weight is 536 g/mol. The Bertz CT molecular complexity index is 1260. The van der Waals surface area contributed by atoms with Gasteiger partial charge in [0.2, 0.25) is 0 Å². The molecule has 1 aliphatic heterocycles. The van der Waals surface area contributed by atoms with Gasteiger partial charge in [0.1, 0.15) is 5.52 Å². The van der Waals surface area contributed by atoms with Gasteiger partial charge in [-0.2, -0.15) is 5.10 Å². The van der Waals surface area contributed by atoms with Crippen LogP contribution in [0.2, 0.25) is 0 Å². The summed E-state index contributed by atoms with van der Waals surface area (Å²) in [6.45, 7) is 2.82. The Morgan fingerprint density at radius 2 is 2.05 bits per heavy atom. The summed E-state index contributed by atoms with van der Waals surface area (Å²) in [4.78, 5) is 20.9. The third kappa shape index (κ3) is 6.26. The number of rotatable bonds is 8. The zero-order valence-corrected chi connectivity index (χ0v) is 21.9. The molecule has 1 aromatic carbocycles. The van der Waals surface area contributed by atoms with Gasteiger partial charge in [0.05, 0.1) is 11.3 Å². The van der Waals surface area contributed by atoms with E-state index in [9.17, 15) is 18.0 Å². The third-order valence-corrected chi connectivity index (χ3v) is 8.33. The molecule has 0 radical (unpaired) electrons. The predicted molar refractivity (Wildman–Crippen MR) is 136 cm³/mol. The van der Waals surface area contributed by atoms with E-state index in [4.69, 9.17) is 4.74 Å². The molecule has 2 aliphatic rings. The van der Waals surface area contributed by atoms with Gasteiger partial charge in [-0.05, 0) is 63.1 Å².